The van der Waals surface area contributed by atoms with Crippen molar-refractivity contribution in [1.82, 2.24) is 5.32 Å². The van der Waals surface area contributed by atoms with Crippen LogP contribution in [0.15, 0.2) is 18.2 Å². The van der Waals surface area contributed by atoms with E-state index in [1.54, 1.807) is 26.1 Å². The van der Waals surface area contributed by atoms with Gasteiger partial charge in [-0.15, -0.1) is 0 Å². The normalized spacial score (nSPS) is 14.2. The van der Waals surface area contributed by atoms with Crippen LogP contribution in [0.25, 0.3) is 0 Å². The van der Waals surface area contributed by atoms with Crippen molar-refractivity contribution >= 4 is 5.97 Å². The molecular formula is C13H19NO4. The van der Waals surface area contributed by atoms with Crippen LogP contribution >= 0.6 is 0 Å². The second-order valence-corrected chi connectivity index (χ2v) is 4.28. The van der Waals surface area contributed by atoms with Crippen LogP contribution in [0.1, 0.15) is 34.0 Å². The van der Waals surface area contributed by atoms with Crippen molar-refractivity contribution in [1.29, 1.82) is 0 Å². The molecule has 1 rings (SSSR count). The fourth-order valence-corrected chi connectivity index (χ4v) is 1.73. The highest BCUT2D eigenvalue weighted by molar-refractivity contribution is 5.89. The molecule has 1 aromatic rings. The van der Waals surface area contributed by atoms with Crippen LogP contribution in [0.2, 0.25) is 0 Å². The Morgan fingerprint density at radius 1 is 1.39 bits per heavy atom. The van der Waals surface area contributed by atoms with Crippen LogP contribution in [0.3, 0.4) is 0 Å². The number of hydrogen-bond acceptors (Lipinski definition) is 4. The van der Waals surface area contributed by atoms with Crippen LogP contribution in [-0.4, -0.2) is 41.0 Å². The lowest BCUT2D eigenvalue weighted by Gasteiger charge is -2.18. The van der Waals surface area contributed by atoms with Gasteiger partial charge in [-0.3, -0.25) is 0 Å². The van der Waals surface area contributed by atoms with E-state index < -0.39 is 18.2 Å². The van der Waals surface area contributed by atoms with Gasteiger partial charge in [-0.2, -0.15) is 0 Å². The highest BCUT2D eigenvalue weighted by Crippen LogP contribution is 2.21. The van der Waals surface area contributed by atoms with E-state index >= 15 is 0 Å². The van der Waals surface area contributed by atoms with Crippen LogP contribution in [0.5, 0.6) is 0 Å². The first-order chi connectivity index (χ1) is 8.47. The average molecular weight is 253 g/mol. The molecule has 0 aliphatic rings. The van der Waals surface area contributed by atoms with Gasteiger partial charge in [0.25, 0.3) is 0 Å². The molecule has 0 heterocycles. The third kappa shape index (κ3) is 3.53. The molecule has 0 saturated heterocycles. The maximum absolute atomic E-state index is 11.0. The second kappa shape index (κ2) is 6.49. The summed E-state index contributed by atoms with van der Waals surface area (Å²) >= 11 is 0. The Kier molecular flexibility index (Phi) is 5.27. The smallest absolute Gasteiger partial charge is 0.335 e. The van der Waals surface area contributed by atoms with Crippen molar-refractivity contribution in [3.05, 3.63) is 34.9 Å². The van der Waals surface area contributed by atoms with Crippen LogP contribution in [-0.2, 0) is 0 Å². The van der Waals surface area contributed by atoms with Gasteiger partial charge < -0.3 is 20.6 Å². The fraction of sp³-hybridized carbons (Fsp3) is 0.462. The Bertz CT molecular complexity index is 419. The quantitative estimate of drug-likeness (QED) is 0.599. The lowest BCUT2D eigenvalue weighted by molar-refractivity contribution is 0.0139. The van der Waals surface area contributed by atoms with Crippen molar-refractivity contribution in [2.24, 2.45) is 0 Å². The van der Waals surface area contributed by atoms with E-state index in [9.17, 15) is 15.0 Å². The average Bonchev–Trinajstić information content (AvgIpc) is 2.35. The number of aliphatic hydroxyl groups is 2. The van der Waals surface area contributed by atoms with Gasteiger partial charge in [-0.25, -0.2) is 4.79 Å². The van der Waals surface area contributed by atoms with E-state index in [4.69, 9.17) is 5.11 Å². The molecular weight excluding hydrogens is 234 g/mol. The van der Waals surface area contributed by atoms with E-state index in [2.05, 4.69) is 5.32 Å². The third-order valence-corrected chi connectivity index (χ3v) is 2.89. The van der Waals surface area contributed by atoms with Crippen molar-refractivity contribution in [3.8, 4) is 0 Å². The van der Waals surface area contributed by atoms with Gasteiger partial charge in [0.15, 0.2) is 0 Å². The van der Waals surface area contributed by atoms with E-state index in [1.165, 1.54) is 6.07 Å². The van der Waals surface area contributed by atoms with Crippen LogP contribution < -0.4 is 5.32 Å². The molecule has 0 bridgehead atoms. The number of carbonyl (C=O) groups is 1. The summed E-state index contributed by atoms with van der Waals surface area (Å²) in [5.41, 5.74) is 1.19. The topological polar surface area (TPSA) is 89.8 Å². The number of rotatable bonds is 6. The molecule has 2 unspecified atom stereocenters. The molecule has 0 amide bonds. The molecule has 4 N–H and O–H groups in total. The first kappa shape index (κ1) is 14.6. The zero-order valence-corrected chi connectivity index (χ0v) is 10.6. The number of hydrogen-bond donors (Lipinski definition) is 4. The summed E-state index contributed by atoms with van der Waals surface area (Å²) in [4.78, 5) is 11.0. The molecule has 2 atom stereocenters. The third-order valence-electron chi connectivity index (χ3n) is 2.89. The number of aliphatic hydroxyl groups excluding tert-OH is 2. The second-order valence-electron chi connectivity index (χ2n) is 4.28. The SMILES string of the molecule is CNCCC(O)C(O)c1ccc(C)c(C(=O)O)c1. The summed E-state index contributed by atoms with van der Waals surface area (Å²) in [5.74, 6) is -1.04. The van der Waals surface area contributed by atoms with Crippen molar-refractivity contribution in [2.45, 2.75) is 25.6 Å². The van der Waals surface area contributed by atoms with E-state index in [0.717, 1.165) is 0 Å². The lowest BCUT2D eigenvalue weighted by atomic mass is 9.97. The fourth-order valence-electron chi connectivity index (χ4n) is 1.73. The molecule has 0 aliphatic heterocycles. The summed E-state index contributed by atoms with van der Waals surface area (Å²) in [6.07, 6.45) is -1.59. The van der Waals surface area contributed by atoms with Gasteiger partial charge in [0.1, 0.15) is 6.10 Å². The van der Waals surface area contributed by atoms with E-state index in [0.29, 0.717) is 24.1 Å². The van der Waals surface area contributed by atoms with E-state index in [-0.39, 0.29) is 5.56 Å². The Balaban J connectivity index is 2.89. The predicted octanol–water partition coefficient (Wildman–Crippen LogP) is 0.697. The van der Waals surface area contributed by atoms with E-state index in [1.807, 2.05) is 0 Å². The summed E-state index contributed by atoms with van der Waals surface area (Å²) < 4.78 is 0. The maximum Gasteiger partial charge on any atom is 0.335 e. The molecule has 0 spiro atoms. The minimum absolute atomic E-state index is 0.146. The zero-order valence-electron chi connectivity index (χ0n) is 10.6. The largest absolute Gasteiger partial charge is 0.478 e. The molecule has 100 valence electrons. The summed E-state index contributed by atoms with van der Waals surface area (Å²) in [6, 6.07) is 4.67. The minimum atomic E-state index is -1.07. The molecule has 1 aromatic carbocycles. The Labute approximate surface area is 106 Å². The first-order valence-corrected chi connectivity index (χ1v) is 5.82. The Morgan fingerprint density at radius 3 is 2.61 bits per heavy atom. The molecule has 0 aliphatic carbocycles. The standard InChI is InChI=1S/C13H19NO4/c1-8-3-4-9(7-10(8)13(17)18)12(16)11(15)5-6-14-2/h3-4,7,11-12,14-16H,5-6H2,1-2H3,(H,17,18). The number of nitrogens with one attached hydrogen (secondary N) is 1. The summed E-state index contributed by atoms with van der Waals surface area (Å²) in [7, 11) is 1.76. The van der Waals surface area contributed by atoms with Gasteiger partial charge in [-0.1, -0.05) is 12.1 Å². The number of benzene rings is 1. The predicted molar refractivity (Wildman–Crippen MR) is 67.6 cm³/mol. The van der Waals surface area contributed by atoms with Gasteiger partial charge in [0.2, 0.25) is 0 Å². The summed E-state index contributed by atoms with van der Waals surface area (Å²) in [6.45, 7) is 2.27. The Hall–Kier alpha value is -1.43. The van der Waals surface area contributed by atoms with Crippen LogP contribution in [0.4, 0.5) is 0 Å². The van der Waals surface area contributed by atoms with Crippen LogP contribution in [0, 0.1) is 6.92 Å². The molecule has 0 saturated carbocycles. The highest BCUT2D eigenvalue weighted by atomic mass is 16.4. The van der Waals surface area contributed by atoms with Crippen molar-refractivity contribution < 1.29 is 20.1 Å². The molecule has 0 aromatic heterocycles. The number of carboxylic acids is 1. The highest BCUT2D eigenvalue weighted by Gasteiger charge is 2.19. The van der Waals surface area contributed by atoms with Crippen molar-refractivity contribution in [3.63, 3.8) is 0 Å². The molecule has 5 heteroatoms. The number of aromatic carboxylic acids is 1. The van der Waals surface area contributed by atoms with Gasteiger partial charge in [0, 0.05) is 0 Å². The molecule has 18 heavy (non-hydrogen) atoms. The number of carboxylic acid groups (broad SMARTS) is 1. The first-order valence-electron chi connectivity index (χ1n) is 5.82. The molecule has 5 nitrogen and oxygen atoms in total. The zero-order chi connectivity index (χ0) is 13.7. The summed E-state index contributed by atoms with van der Waals surface area (Å²) in [5, 5.41) is 31.6. The monoisotopic (exact) mass is 253 g/mol. The number of aryl methyl sites for hydroxylation is 1. The molecule has 0 fully saturated rings. The Morgan fingerprint density at radius 2 is 2.06 bits per heavy atom. The van der Waals surface area contributed by atoms with Crippen molar-refractivity contribution in [2.75, 3.05) is 13.6 Å². The van der Waals surface area contributed by atoms with Gasteiger partial charge >= 0.3 is 5.97 Å². The minimum Gasteiger partial charge on any atom is -0.478 e. The molecule has 0 radical (unpaired) electrons. The van der Waals surface area contributed by atoms with Gasteiger partial charge in [-0.05, 0) is 44.1 Å². The maximum atomic E-state index is 11.0. The lowest BCUT2D eigenvalue weighted by Crippen LogP contribution is -2.23. The van der Waals surface area contributed by atoms with Gasteiger partial charge in [0.05, 0.1) is 11.7 Å².